The SMILES string of the molecule is Cc1ncoc1C(=O)N1CCCCC1. The number of aromatic nitrogens is 1. The molecule has 1 fully saturated rings. The van der Waals surface area contributed by atoms with Gasteiger partial charge in [-0.05, 0) is 26.2 Å². The van der Waals surface area contributed by atoms with E-state index in [-0.39, 0.29) is 5.91 Å². The Balaban J connectivity index is 2.11. The Labute approximate surface area is 82.9 Å². The molecule has 0 atom stereocenters. The van der Waals surface area contributed by atoms with Gasteiger partial charge in [0.1, 0.15) is 0 Å². The molecule has 0 unspecified atom stereocenters. The number of hydrogen-bond acceptors (Lipinski definition) is 3. The molecule has 1 aliphatic heterocycles. The molecule has 0 aromatic carbocycles. The van der Waals surface area contributed by atoms with Gasteiger partial charge in [-0.25, -0.2) is 4.98 Å². The Bertz CT molecular complexity index is 327. The van der Waals surface area contributed by atoms with Crippen LogP contribution >= 0.6 is 0 Å². The minimum atomic E-state index is -0.0142. The smallest absolute Gasteiger partial charge is 0.291 e. The van der Waals surface area contributed by atoms with E-state index in [9.17, 15) is 4.79 Å². The number of rotatable bonds is 1. The quantitative estimate of drug-likeness (QED) is 0.682. The van der Waals surface area contributed by atoms with Crippen molar-refractivity contribution in [3.8, 4) is 0 Å². The van der Waals surface area contributed by atoms with Gasteiger partial charge >= 0.3 is 0 Å². The summed E-state index contributed by atoms with van der Waals surface area (Å²) in [6, 6.07) is 0. The van der Waals surface area contributed by atoms with E-state index in [1.165, 1.54) is 12.8 Å². The summed E-state index contributed by atoms with van der Waals surface area (Å²) in [4.78, 5) is 17.6. The fourth-order valence-electron chi connectivity index (χ4n) is 1.75. The van der Waals surface area contributed by atoms with Gasteiger partial charge < -0.3 is 9.32 Å². The minimum absolute atomic E-state index is 0.0142. The van der Waals surface area contributed by atoms with E-state index in [4.69, 9.17) is 4.42 Å². The maximum atomic E-state index is 11.9. The highest BCUT2D eigenvalue weighted by Gasteiger charge is 2.22. The Morgan fingerprint density at radius 2 is 2.14 bits per heavy atom. The predicted molar refractivity (Wildman–Crippen MR) is 51.0 cm³/mol. The number of oxazole rings is 1. The van der Waals surface area contributed by atoms with E-state index in [1.54, 1.807) is 6.92 Å². The number of likely N-dealkylation sites (tertiary alicyclic amines) is 1. The van der Waals surface area contributed by atoms with Crippen molar-refractivity contribution in [1.82, 2.24) is 9.88 Å². The molecule has 1 aliphatic rings. The van der Waals surface area contributed by atoms with Gasteiger partial charge in [-0.2, -0.15) is 0 Å². The molecule has 1 aromatic rings. The number of carbonyl (C=O) groups excluding carboxylic acids is 1. The molecule has 1 aromatic heterocycles. The zero-order valence-electron chi connectivity index (χ0n) is 8.32. The first-order valence-electron chi connectivity index (χ1n) is 4.98. The third-order valence-corrected chi connectivity index (χ3v) is 2.58. The van der Waals surface area contributed by atoms with Crippen LogP contribution in [0, 0.1) is 6.92 Å². The fourth-order valence-corrected chi connectivity index (χ4v) is 1.75. The van der Waals surface area contributed by atoms with Gasteiger partial charge in [0, 0.05) is 13.1 Å². The van der Waals surface area contributed by atoms with E-state index < -0.39 is 0 Å². The summed E-state index contributed by atoms with van der Waals surface area (Å²) >= 11 is 0. The van der Waals surface area contributed by atoms with Crippen molar-refractivity contribution in [3.05, 3.63) is 17.8 Å². The lowest BCUT2D eigenvalue weighted by molar-refractivity contribution is 0.0691. The van der Waals surface area contributed by atoms with E-state index >= 15 is 0 Å². The highest BCUT2D eigenvalue weighted by Crippen LogP contribution is 2.14. The molecule has 0 saturated carbocycles. The van der Waals surface area contributed by atoms with Crippen LogP contribution in [-0.4, -0.2) is 28.9 Å². The number of amides is 1. The molecule has 4 nitrogen and oxygen atoms in total. The lowest BCUT2D eigenvalue weighted by Crippen LogP contribution is -2.35. The Hall–Kier alpha value is -1.32. The number of aryl methyl sites for hydroxylation is 1. The summed E-state index contributed by atoms with van der Waals surface area (Å²) in [6.45, 7) is 3.48. The second kappa shape index (κ2) is 3.82. The topological polar surface area (TPSA) is 46.3 Å². The van der Waals surface area contributed by atoms with Crippen molar-refractivity contribution < 1.29 is 9.21 Å². The van der Waals surface area contributed by atoms with Crippen LogP contribution in [0.2, 0.25) is 0 Å². The standard InChI is InChI=1S/C10H14N2O2/c1-8-9(14-7-11-8)10(13)12-5-3-2-4-6-12/h7H,2-6H2,1H3. The van der Waals surface area contributed by atoms with Gasteiger partial charge in [0.15, 0.2) is 6.39 Å². The van der Waals surface area contributed by atoms with Crippen LogP contribution in [0.15, 0.2) is 10.8 Å². The van der Waals surface area contributed by atoms with Crippen molar-refractivity contribution in [3.63, 3.8) is 0 Å². The predicted octanol–water partition coefficient (Wildman–Crippen LogP) is 1.61. The second-order valence-corrected chi connectivity index (χ2v) is 3.62. The molecule has 0 radical (unpaired) electrons. The van der Waals surface area contributed by atoms with E-state index in [0.717, 1.165) is 25.9 Å². The van der Waals surface area contributed by atoms with Crippen LogP contribution in [0.5, 0.6) is 0 Å². The normalized spacial score (nSPS) is 17.1. The monoisotopic (exact) mass is 194 g/mol. The summed E-state index contributed by atoms with van der Waals surface area (Å²) < 4.78 is 5.08. The average Bonchev–Trinajstić information content (AvgIpc) is 2.65. The van der Waals surface area contributed by atoms with Crippen molar-refractivity contribution >= 4 is 5.91 Å². The summed E-state index contributed by atoms with van der Waals surface area (Å²) in [6.07, 6.45) is 4.74. The summed E-state index contributed by atoms with van der Waals surface area (Å²) in [5.41, 5.74) is 0.681. The highest BCUT2D eigenvalue weighted by atomic mass is 16.3. The van der Waals surface area contributed by atoms with E-state index in [2.05, 4.69) is 4.98 Å². The molecule has 0 N–H and O–H groups in total. The lowest BCUT2D eigenvalue weighted by Gasteiger charge is -2.25. The molecule has 14 heavy (non-hydrogen) atoms. The first kappa shape index (κ1) is 9.24. The van der Waals surface area contributed by atoms with Crippen molar-refractivity contribution in [2.75, 3.05) is 13.1 Å². The first-order chi connectivity index (χ1) is 6.79. The molecule has 0 aliphatic carbocycles. The Kier molecular flexibility index (Phi) is 2.52. The van der Waals surface area contributed by atoms with Crippen LogP contribution in [0.25, 0.3) is 0 Å². The number of piperidine rings is 1. The van der Waals surface area contributed by atoms with Gasteiger partial charge in [-0.3, -0.25) is 4.79 Å². The zero-order valence-corrected chi connectivity index (χ0v) is 8.32. The Morgan fingerprint density at radius 1 is 1.43 bits per heavy atom. The average molecular weight is 194 g/mol. The van der Waals surface area contributed by atoms with E-state index in [0.29, 0.717) is 11.5 Å². The van der Waals surface area contributed by atoms with Gasteiger partial charge in [-0.15, -0.1) is 0 Å². The van der Waals surface area contributed by atoms with Crippen molar-refractivity contribution in [2.45, 2.75) is 26.2 Å². The Morgan fingerprint density at radius 3 is 2.71 bits per heavy atom. The molecule has 76 valence electrons. The molecule has 0 spiro atoms. The largest absolute Gasteiger partial charge is 0.438 e. The molecule has 1 amide bonds. The fraction of sp³-hybridized carbons (Fsp3) is 0.600. The van der Waals surface area contributed by atoms with Gasteiger partial charge in [0.05, 0.1) is 5.69 Å². The lowest BCUT2D eigenvalue weighted by atomic mass is 10.1. The summed E-state index contributed by atoms with van der Waals surface area (Å²) in [7, 11) is 0. The maximum absolute atomic E-state index is 11.9. The number of nitrogens with zero attached hydrogens (tertiary/aromatic N) is 2. The van der Waals surface area contributed by atoms with Crippen LogP contribution in [0.3, 0.4) is 0 Å². The molecular formula is C10H14N2O2. The third-order valence-electron chi connectivity index (χ3n) is 2.58. The highest BCUT2D eigenvalue weighted by molar-refractivity contribution is 5.92. The van der Waals surface area contributed by atoms with Crippen LogP contribution in [0.1, 0.15) is 35.5 Å². The summed E-state index contributed by atoms with van der Waals surface area (Å²) in [5.74, 6) is 0.381. The van der Waals surface area contributed by atoms with Gasteiger partial charge in [0.2, 0.25) is 5.76 Å². The van der Waals surface area contributed by atoms with E-state index in [1.807, 2.05) is 4.90 Å². The van der Waals surface area contributed by atoms with Crippen molar-refractivity contribution in [1.29, 1.82) is 0 Å². The summed E-state index contributed by atoms with van der Waals surface area (Å²) in [5, 5.41) is 0. The number of hydrogen-bond donors (Lipinski definition) is 0. The molecule has 2 rings (SSSR count). The molecule has 2 heterocycles. The van der Waals surface area contributed by atoms with Crippen LogP contribution in [-0.2, 0) is 0 Å². The first-order valence-corrected chi connectivity index (χ1v) is 4.98. The van der Waals surface area contributed by atoms with Gasteiger partial charge in [0.25, 0.3) is 5.91 Å². The third kappa shape index (κ3) is 1.64. The van der Waals surface area contributed by atoms with Crippen LogP contribution < -0.4 is 0 Å². The molecule has 4 heteroatoms. The number of carbonyl (C=O) groups is 1. The zero-order chi connectivity index (χ0) is 9.97. The van der Waals surface area contributed by atoms with Gasteiger partial charge in [-0.1, -0.05) is 0 Å². The minimum Gasteiger partial charge on any atom is -0.438 e. The maximum Gasteiger partial charge on any atom is 0.291 e. The molecule has 0 bridgehead atoms. The molecule has 1 saturated heterocycles. The molecular weight excluding hydrogens is 180 g/mol. The van der Waals surface area contributed by atoms with Crippen LogP contribution in [0.4, 0.5) is 0 Å². The second-order valence-electron chi connectivity index (χ2n) is 3.62. The van der Waals surface area contributed by atoms with Crippen molar-refractivity contribution in [2.24, 2.45) is 0 Å².